The minimum atomic E-state index is -0.549. The Morgan fingerprint density at radius 1 is 1.29 bits per heavy atom. The van der Waals surface area contributed by atoms with Crippen molar-refractivity contribution < 1.29 is 9.53 Å². The van der Waals surface area contributed by atoms with E-state index in [0.717, 1.165) is 11.3 Å². The fourth-order valence-electron chi connectivity index (χ4n) is 1.26. The van der Waals surface area contributed by atoms with Crippen LogP contribution in [-0.2, 0) is 11.3 Å². The Kier molecular flexibility index (Phi) is 4.52. The molecule has 1 aromatic carbocycles. The Labute approximate surface area is 102 Å². The summed E-state index contributed by atoms with van der Waals surface area (Å²) < 4.78 is 5.07. The molecule has 0 aromatic heterocycles. The molecule has 0 radical (unpaired) electrons. The van der Waals surface area contributed by atoms with Crippen LogP contribution in [0.1, 0.15) is 19.4 Å². The molecule has 4 heteroatoms. The molecule has 0 aliphatic carbocycles. The summed E-state index contributed by atoms with van der Waals surface area (Å²) in [5.74, 6) is 0.798. The lowest BCUT2D eigenvalue weighted by Crippen LogP contribution is -2.50. The third kappa shape index (κ3) is 3.75. The van der Waals surface area contributed by atoms with Gasteiger partial charge in [0.2, 0.25) is 5.91 Å². The van der Waals surface area contributed by atoms with E-state index in [1.165, 1.54) is 0 Å². The quantitative estimate of drug-likeness (QED) is 0.810. The van der Waals surface area contributed by atoms with E-state index in [1.54, 1.807) is 14.2 Å². The van der Waals surface area contributed by atoms with E-state index < -0.39 is 5.54 Å². The van der Waals surface area contributed by atoms with Gasteiger partial charge in [0, 0.05) is 6.54 Å². The molecule has 4 nitrogen and oxygen atoms in total. The number of carbonyl (C=O) groups is 1. The number of methoxy groups -OCH3 is 1. The summed E-state index contributed by atoms with van der Waals surface area (Å²) in [7, 11) is 3.40. The van der Waals surface area contributed by atoms with Gasteiger partial charge in [0.25, 0.3) is 0 Å². The van der Waals surface area contributed by atoms with Gasteiger partial charge >= 0.3 is 0 Å². The van der Waals surface area contributed by atoms with Crippen LogP contribution < -0.4 is 15.4 Å². The smallest absolute Gasteiger partial charge is 0.239 e. The molecule has 1 aromatic rings. The Hall–Kier alpha value is -1.55. The van der Waals surface area contributed by atoms with Crippen molar-refractivity contribution in [2.75, 3.05) is 14.2 Å². The molecule has 0 bridgehead atoms. The number of nitrogens with one attached hydrogen (secondary N) is 2. The summed E-state index contributed by atoms with van der Waals surface area (Å²) in [4.78, 5) is 11.8. The molecule has 17 heavy (non-hydrogen) atoms. The van der Waals surface area contributed by atoms with Crippen LogP contribution in [0, 0.1) is 0 Å². The van der Waals surface area contributed by atoms with Gasteiger partial charge < -0.3 is 15.4 Å². The molecule has 0 spiro atoms. The van der Waals surface area contributed by atoms with Crippen LogP contribution in [0.15, 0.2) is 24.3 Å². The molecule has 0 saturated heterocycles. The summed E-state index contributed by atoms with van der Waals surface area (Å²) in [6.07, 6.45) is 0. The van der Waals surface area contributed by atoms with Crippen molar-refractivity contribution in [3.8, 4) is 5.75 Å². The van der Waals surface area contributed by atoms with Gasteiger partial charge in [-0.15, -0.1) is 0 Å². The van der Waals surface area contributed by atoms with Crippen molar-refractivity contribution in [1.82, 2.24) is 10.6 Å². The highest BCUT2D eigenvalue weighted by molar-refractivity contribution is 5.85. The van der Waals surface area contributed by atoms with Crippen LogP contribution in [0.5, 0.6) is 5.75 Å². The summed E-state index contributed by atoms with van der Waals surface area (Å²) >= 11 is 0. The largest absolute Gasteiger partial charge is 0.497 e. The summed E-state index contributed by atoms with van der Waals surface area (Å²) in [6, 6.07) is 7.63. The van der Waals surface area contributed by atoms with Crippen LogP contribution in [-0.4, -0.2) is 25.6 Å². The third-order valence-electron chi connectivity index (χ3n) is 2.80. The highest BCUT2D eigenvalue weighted by Gasteiger charge is 2.24. The van der Waals surface area contributed by atoms with Gasteiger partial charge in [0.05, 0.1) is 12.6 Å². The zero-order chi connectivity index (χ0) is 12.9. The zero-order valence-electron chi connectivity index (χ0n) is 10.8. The van der Waals surface area contributed by atoms with Crippen molar-refractivity contribution in [2.45, 2.75) is 25.9 Å². The van der Waals surface area contributed by atoms with Gasteiger partial charge in [-0.25, -0.2) is 0 Å². The second-order valence-electron chi connectivity index (χ2n) is 4.41. The molecule has 0 saturated carbocycles. The average Bonchev–Trinajstić information content (AvgIpc) is 2.36. The van der Waals surface area contributed by atoms with Gasteiger partial charge in [-0.05, 0) is 38.6 Å². The average molecular weight is 236 g/mol. The maximum atomic E-state index is 11.8. The topological polar surface area (TPSA) is 50.4 Å². The highest BCUT2D eigenvalue weighted by atomic mass is 16.5. The maximum absolute atomic E-state index is 11.8. The van der Waals surface area contributed by atoms with Crippen LogP contribution >= 0.6 is 0 Å². The van der Waals surface area contributed by atoms with Gasteiger partial charge in [-0.3, -0.25) is 4.79 Å². The van der Waals surface area contributed by atoms with Crippen molar-refractivity contribution >= 4 is 5.91 Å². The number of amides is 1. The molecular weight excluding hydrogens is 216 g/mol. The molecule has 94 valence electrons. The Bertz CT molecular complexity index is 372. The Morgan fingerprint density at radius 2 is 1.88 bits per heavy atom. The standard InChI is InChI=1S/C13H20N2O2/c1-13(2,14-3)12(16)15-9-10-5-7-11(17-4)8-6-10/h5-8,14H,9H2,1-4H3,(H,15,16). The van der Waals surface area contributed by atoms with E-state index in [1.807, 2.05) is 38.1 Å². The van der Waals surface area contributed by atoms with Gasteiger partial charge in [-0.2, -0.15) is 0 Å². The lowest BCUT2D eigenvalue weighted by Gasteiger charge is -2.22. The Balaban J connectivity index is 2.53. The Morgan fingerprint density at radius 3 is 2.35 bits per heavy atom. The summed E-state index contributed by atoms with van der Waals surface area (Å²) in [6.45, 7) is 4.21. The van der Waals surface area contributed by atoms with E-state index in [-0.39, 0.29) is 5.91 Å². The minimum absolute atomic E-state index is 0.0178. The molecule has 2 N–H and O–H groups in total. The van der Waals surface area contributed by atoms with E-state index in [2.05, 4.69) is 10.6 Å². The van der Waals surface area contributed by atoms with Gasteiger partial charge in [-0.1, -0.05) is 12.1 Å². The monoisotopic (exact) mass is 236 g/mol. The second-order valence-corrected chi connectivity index (χ2v) is 4.41. The lowest BCUT2D eigenvalue weighted by atomic mass is 10.1. The number of likely N-dealkylation sites (N-methyl/N-ethyl adjacent to an activating group) is 1. The van der Waals surface area contributed by atoms with E-state index in [9.17, 15) is 4.79 Å². The molecule has 0 unspecified atom stereocenters. The van der Waals surface area contributed by atoms with Crippen molar-refractivity contribution in [2.24, 2.45) is 0 Å². The molecule has 1 rings (SSSR count). The molecule has 0 fully saturated rings. The number of hydrogen-bond donors (Lipinski definition) is 2. The first kappa shape index (κ1) is 13.5. The van der Waals surface area contributed by atoms with Crippen molar-refractivity contribution in [3.63, 3.8) is 0 Å². The predicted molar refractivity (Wildman–Crippen MR) is 68.0 cm³/mol. The second kappa shape index (κ2) is 5.68. The number of carbonyl (C=O) groups excluding carboxylic acids is 1. The summed E-state index contributed by atoms with van der Waals surface area (Å²) in [5, 5.41) is 5.85. The number of rotatable bonds is 5. The molecule has 0 heterocycles. The summed E-state index contributed by atoms with van der Waals surface area (Å²) in [5.41, 5.74) is 0.498. The lowest BCUT2D eigenvalue weighted by molar-refractivity contribution is -0.126. The number of ether oxygens (including phenoxy) is 1. The van der Waals surface area contributed by atoms with Crippen LogP contribution in [0.3, 0.4) is 0 Å². The molecule has 0 aliphatic rings. The first-order chi connectivity index (χ1) is 7.99. The third-order valence-corrected chi connectivity index (χ3v) is 2.80. The highest BCUT2D eigenvalue weighted by Crippen LogP contribution is 2.11. The van der Waals surface area contributed by atoms with Gasteiger partial charge in [0.15, 0.2) is 0 Å². The fourth-order valence-corrected chi connectivity index (χ4v) is 1.26. The SMILES string of the molecule is CNC(C)(C)C(=O)NCc1ccc(OC)cc1. The van der Waals surface area contributed by atoms with Crippen LogP contribution in [0.4, 0.5) is 0 Å². The predicted octanol–water partition coefficient (Wildman–Crippen LogP) is 1.31. The van der Waals surface area contributed by atoms with Crippen LogP contribution in [0.25, 0.3) is 0 Å². The minimum Gasteiger partial charge on any atom is -0.497 e. The van der Waals surface area contributed by atoms with E-state index >= 15 is 0 Å². The van der Waals surface area contributed by atoms with Crippen molar-refractivity contribution in [3.05, 3.63) is 29.8 Å². The zero-order valence-corrected chi connectivity index (χ0v) is 10.8. The molecule has 0 aliphatic heterocycles. The number of hydrogen-bond acceptors (Lipinski definition) is 3. The van der Waals surface area contributed by atoms with Crippen LogP contribution in [0.2, 0.25) is 0 Å². The molecule has 1 amide bonds. The maximum Gasteiger partial charge on any atom is 0.239 e. The van der Waals surface area contributed by atoms with E-state index in [4.69, 9.17) is 4.74 Å². The van der Waals surface area contributed by atoms with E-state index in [0.29, 0.717) is 6.54 Å². The first-order valence-electron chi connectivity index (χ1n) is 5.59. The van der Waals surface area contributed by atoms with Gasteiger partial charge in [0.1, 0.15) is 5.75 Å². The number of benzene rings is 1. The molecular formula is C13H20N2O2. The normalized spacial score (nSPS) is 11.1. The van der Waals surface area contributed by atoms with Crippen molar-refractivity contribution in [1.29, 1.82) is 0 Å². The molecule has 0 atom stereocenters. The fraction of sp³-hybridized carbons (Fsp3) is 0.462. The first-order valence-corrected chi connectivity index (χ1v) is 5.59.